The van der Waals surface area contributed by atoms with Gasteiger partial charge >= 0.3 is 0 Å². The first-order valence-corrected chi connectivity index (χ1v) is 8.87. The van der Waals surface area contributed by atoms with Gasteiger partial charge in [-0.2, -0.15) is 16.6 Å². The molecule has 3 rings (SSSR count). The highest BCUT2D eigenvalue weighted by Crippen LogP contribution is 2.38. The van der Waals surface area contributed by atoms with Crippen molar-refractivity contribution < 1.29 is 4.74 Å². The molecule has 0 aliphatic heterocycles. The SMILES string of the molecule is N#Cc1c(-c2ccc(Cl)c(Cl)c2)csc1OCc1ccsc1. The van der Waals surface area contributed by atoms with Crippen molar-refractivity contribution >= 4 is 45.9 Å². The van der Waals surface area contributed by atoms with E-state index in [0.717, 1.165) is 16.7 Å². The second-order valence-electron chi connectivity index (χ2n) is 4.47. The van der Waals surface area contributed by atoms with Gasteiger partial charge in [-0.25, -0.2) is 0 Å². The van der Waals surface area contributed by atoms with Gasteiger partial charge in [-0.05, 0) is 40.1 Å². The molecule has 0 atom stereocenters. The molecule has 0 aliphatic carbocycles. The number of thiophene rings is 2. The fraction of sp³-hybridized carbons (Fsp3) is 0.0625. The van der Waals surface area contributed by atoms with Crippen LogP contribution in [0.25, 0.3) is 11.1 Å². The molecule has 2 aromatic heterocycles. The van der Waals surface area contributed by atoms with E-state index in [9.17, 15) is 5.26 Å². The van der Waals surface area contributed by atoms with E-state index in [2.05, 4.69) is 6.07 Å². The summed E-state index contributed by atoms with van der Waals surface area (Å²) in [7, 11) is 0. The summed E-state index contributed by atoms with van der Waals surface area (Å²) in [6, 6.07) is 9.56. The van der Waals surface area contributed by atoms with E-state index in [1.54, 1.807) is 23.5 Å². The predicted molar refractivity (Wildman–Crippen MR) is 93.1 cm³/mol. The highest BCUT2D eigenvalue weighted by molar-refractivity contribution is 7.12. The molecule has 0 radical (unpaired) electrons. The Kier molecular flexibility index (Phi) is 4.70. The van der Waals surface area contributed by atoms with Crippen LogP contribution in [0.15, 0.2) is 40.4 Å². The van der Waals surface area contributed by atoms with E-state index in [0.29, 0.717) is 27.3 Å². The topological polar surface area (TPSA) is 33.0 Å². The van der Waals surface area contributed by atoms with Crippen LogP contribution < -0.4 is 4.74 Å². The molecule has 1 aromatic carbocycles. The molecular weight excluding hydrogens is 357 g/mol. The average Bonchev–Trinajstić information content (AvgIpc) is 3.16. The van der Waals surface area contributed by atoms with E-state index in [-0.39, 0.29) is 0 Å². The highest BCUT2D eigenvalue weighted by atomic mass is 35.5. The number of hydrogen-bond donors (Lipinski definition) is 0. The van der Waals surface area contributed by atoms with Gasteiger partial charge in [0.05, 0.1) is 10.0 Å². The van der Waals surface area contributed by atoms with Crippen LogP contribution in [-0.2, 0) is 6.61 Å². The minimum absolute atomic E-state index is 0.458. The van der Waals surface area contributed by atoms with Crippen molar-refractivity contribution in [2.45, 2.75) is 6.61 Å². The van der Waals surface area contributed by atoms with Crippen LogP contribution in [0.1, 0.15) is 11.1 Å². The van der Waals surface area contributed by atoms with E-state index >= 15 is 0 Å². The van der Waals surface area contributed by atoms with Crippen molar-refractivity contribution in [3.8, 4) is 22.3 Å². The zero-order valence-electron chi connectivity index (χ0n) is 11.2. The summed E-state index contributed by atoms with van der Waals surface area (Å²) in [5, 5.41) is 17.0. The van der Waals surface area contributed by atoms with Crippen LogP contribution in [0.5, 0.6) is 5.06 Å². The Morgan fingerprint density at radius 1 is 1.14 bits per heavy atom. The van der Waals surface area contributed by atoms with Crippen LogP contribution in [-0.4, -0.2) is 0 Å². The first-order valence-electron chi connectivity index (χ1n) is 6.30. The number of rotatable bonds is 4. The smallest absolute Gasteiger partial charge is 0.192 e. The van der Waals surface area contributed by atoms with Crippen molar-refractivity contribution in [1.29, 1.82) is 5.26 Å². The fourth-order valence-corrected chi connectivity index (χ4v) is 3.78. The Labute approximate surface area is 146 Å². The maximum Gasteiger partial charge on any atom is 0.192 e. The van der Waals surface area contributed by atoms with Crippen molar-refractivity contribution in [2.24, 2.45) is 0 Å². The number of benzene rings is 1. The zero-order valence-corrected chi connectivity index (χ0v) is 14.3. The summed E-state index contributed by atoms with van der Waals surface area (Å²) in [5.74, 6) is 0. The van der Waals surface area contributed by atoms with Crippen molar-refractivity contribution in [3.05, 3.63) is 61.6 Å². The Bertz CT molecular complexity index is 834. The van der Waals surface area contributed by atoms with Gasteiger partial charge < -0.3 is 4.74 Å². The molecule has 0 saturated carbocycles. The molecule has 0 amide bonds. The van der Waals surface area contributed by atoms with Crippen LogP contribution in [0.4, 0.5) is 0 Å². The summed E-state index contributed by atoms with van der Waals surface area (Å²) in [4.78, 5) is 0. The summed E-state index contributed by atoms with van der Waals surface area (Å²) in [5.41, 5.74) is 3.29. The number of nitriles is 1. The summed E-state index contributed by atoms with van der Waals surface area (Å²) in [6.07, 6.45) is 0. The van der Waals surface area contributed by atoms with Gasteiger partial charge in [-0.1, -0.05) is 29.3 Å². The lowest BCUT2D eigenvalue weighted by Crippen LogP contribution is -1.93. The van der Waals surface area contributed by atoms with Gasteiger partial charge in [-0.15, -0.1) is 11.3 Å². The van der Waals surface area contributed by atoms with Gasteiger partial charge in [0.25, 0.3) is 0 Å². The van der Waals surface area contributed by atoms with Crippen LogP contribution in [0.3, 0.4) is 0 Å². The van der Waals surface area contributed by atoms with Crippen LogP contribution in [0.2, 0.25) is 10.0 Å². The van der Waals surface area contributed by atoms with Crippen LogP contribution in [0, 0.1) is 11.3 Å². The molecule has 3 aromatic rings. The van der Waals surface area contributed by atoms with Gasteiger partial charge in [0, 0.05) is 10.9 Å². The molecule has 0 bridgehead atoms. The molecule has 22 heavy (non-hydrogen) atoms. The second kappa shape index (κ2) is 6.72. The van der Waals surface area contributed by atoms with Crippen molar-refractivity contribution in [1.82, 2.24) is 0 Å². The van der Waals surface area contributed by atoms with E-state index < -0.39 is 0 Å². The molecule has 0 aliphatic rings. The predicted octanol–water partition coefficient (Wildman–Crippen LogP) is 6.23. The quantitative estimate of drug-likeness (QED) is 0.548. The van der Waals surface area contributed by atoms with Gasteiger partial charge in [0.1, 0.15) is 18.2 Å². The Balaban J connectivity index is 1.90. The number of ether oxygens (including phenoxy) is 1. The lowest BCUT2D eigenvalue weighted by atomic mass is 10.1. The van der Waals surface area contributed by atoms with Gasteiger partial charge in [0.2, 0.25) is 0 Å². The molecule has 6 heteroatoms. The molecule has 0 N–H and O–H groups in total. The maximum absolute atomic E-state index is 9.45. The van der Waals surface area contributed by atoms with Gasteiger partial charge in [0.15, 0.2) is 5.06 Å². The third-order valence-corrected chi connectivity index (χ3v) is 5.41. The largest absolute Gasteiger partial charge is 0.478 e. The molecule has 2 nitrogen and oxygen atoms in total. The monoisotopic (exact) mass is 365 g/mol. The van der Waals surface area contributed by atoms with Crippen molar-refractivity contribution in [3.63, 3.8) is 0 Å². The minimum Gasteiger partial charge on any atom is -0.478 e. The van der Waals surface area contributed by atoms with Crippen molar-refractivity contribution in [2.75, 3.05) is 0 Å². The average molecular weight is 366 g/mol. The molecule has 0 fully saturated rings. The molecule has 110 valence electrons. The summed E-state index contributed by atoms with van der Waals surface area (Å²) < 4.78 is 5.77. The Morgan fingerprint density at radius 3 is 2.68 bits per heavy atom. The molecular formula is C16H9Cl2NOS2. The lowest BCUT2D eigenvalue weighted by molar-refractivity contribution is 0.315. The highest BCUT2D eigenvalue weighted by Gasteiger charge is 2.15. The summed E-state index contributed by atoms with van der Waals surface area (Å²) in [6.45, 7) is 0.458. The van der Waals surface area contributed by atoms with Gasteiger partial charge in [-0.3, -0.25) is 0 Å². The molecule has 0 spiro atoms. The van der Waals surface area contributed by atoms with E-state index in [4.69, 9.17) is 27.9 Å². The zero-order chi connectivity index (χ0) is 15.5. The Hall–Kier alpha value is -1.51. The molecule has 0 unspecified atom stereocenters. The number of hydrogen-bond acceptors (Lipinski definition) is 4. The molecule has 2 heterocycles. The lowest BCUT2D eigenvalue weighted by Gasteiger charge is -2.04. The number of nitrogens with zero attached hydrogens (tertiary/aromatic N) is 1. The molecule has 0 saturated heterocycles. The standard InChI is InChI=1S/C16H9Cl2NOS2/c17-14-2-1-11(5-15(14)18)13-9-22-16(12(13)6-19)20-7-10-3-4-21-8-10/h1-5,8-9H,7H2. The Morgan fingerprint density at radius 2 is 2.00 bits per heavy atom. The fourth-order valence-electron chi connectivity index (χ4n) is 1.95. The first kappa shape index (κ1) is 15.4. The third kappa shape index (κ3) is 3.13. The van der Waals surface area contributed by atoms with E-state index in [1.807, 2.05) is 28.3 Å². The number of halogens is 2. The first-order chi connectivity index (χ1) is 10.7. The summed E-state index contributed by atoms with van der Waals surface area (Å²) >= 11 is 15.0. The second-order valence-corrected chi connectivity index (χ2v) is 6.91. The minimum atomic E-state index is 0.458. The maximum atomic E-state index is 9.45. The van der Waals surface area contributed by atoms with E-state index in [1.165, 1.54) is 11.3 Å². The van der Waals surface area contributed by atoms with Crippen LogP contribution >= 0.6 is 45.9 Å². The normalized spacial score (nSPS) is 10.4. The third-order valence-electron chi connectivity index (χ3n) is 3.05.